The first kappa shape index (κ1) is 11.1. The second kappa shape index (κ2) is 4.24. The Bertz CT molecular complexity index is 301. The maximum atomic E-state index is 10.5. The van der Waals surface area contributed by atoms with Crippen molar-refractivity contribution in [1.29, 1.82) is 0 Å². The zero-order valence-corrected chi connectivity index (χ0v) is 10.3. The molecule has 1 unspecified atom stereocenters. The fourth-order valence-corrected chi connectivity index (χ4v) is 3.48. The van der Waals surface area contributed by atoms with Gasteiger partial charge in [-0.2, -0.15) is 0 Å². The van der Waals surface area contributed by atoms with Crippen molar-refractivity contribution < 1.29 is 5.11 Å². The van der Waals surface area contributed by atoms with Crippen LogP contribution in [0.25, 0.3) is 0 Å². The average Bonchev–Trinajstić information content (AvgIpc) is 2.89. The van der Waals surface area contributed by atoms with Gasteiger partial charge in [0.15, 0.2) is 0 Å². The second-order valence-corrected chi connectivity index (χ2v) is 5.60. The summed E-state index contributed by atoms with van der Waals surface area (Å²) in [6.07, 6.45) is 4.37. The molecule has 1 aliphatic carbocycles. The van der Waals surface area contributed by atoms with Crippen molar-refractivity contribution >= 4 is 11.3 Å². The standard InChI is InChI=1S/C12H19NOS/c1-13(2)12(7-3-4-8-12)11(14)10-6-5-9-15-10/h5-6,9,11,14H,3-4,7-8H2,1-2H3. The number of likely N-dealkylation sites (N-methyl/N-ethyl adjacent to an activating group) is 1. The summed E-state index contributed by atoms with van der Waals surface area (Å²) in [6.45, 7) is 0. The van der Waals surface area contributed by atoms with E-state index >= 15 is 0 Å². The number of aliphatic hydroxyl groups is 1. The van der Waals surface area contributed by atoms with E-state index < -0.39 is 0 Å². The summed E-state index contributed by atoms with van der Waals surface area (Å²) in [4.78, 5) is 3.32. The maximum absolute atomic E-state index is 10.5. The molecule has 2 rings (SSSR count). The normalized spacial score (nSPS) is 22.1. The van der Waals surface area contributed by atoms with Crippen molar-refractivity contribution in [3.05, 3.63) is 22.4 Å². The minimum atomic E-state index is -0.324. The van der Waals surface area contributed by atoms with E-state index in [1.165, 1.54) is 12.8 Å². The van der Waals surface area contributed by atoms with Gasteiger partial charge in [-0.25, -0.2) is 0 Å². The van der Waals surface area contributed by atoms with Crippen LogP contribution in [0, 0.1) is 0 Å². The van der Waals surface area contributed by atoms with Crippen molar-refractivity contribution in [1.82, 2.24) is 4.90 Å². The SMILES string of the molecule is CN(C)C1(C(O)c2cccs2)CCCC1. The molecule has 0 bridgehead atoms. The van der Waals surface area contributed by atoms with Gasteiger partial charge >= 0.3 is 0 Å². The van der Waals surface area contributed by atoms with E-state index in [2.05, 4.69) is 19.0 Å². The summed E-state index contributed by atoms with van der Waals surface area (Å²) in [5.74, 6) is 0. The summed E-state index contributed by atoms with van der Waals surface area (Å²) in [5.41, 5.74) is -0.0230. The first-order valence-corrected chi connectivity index (χ1v) is 6.44. The first-order chi connectivity index (χ1) is 7.17. The van der Waals surface area contributed by atoms with Crippen LogP contribution in [0.15, 0.2) is 17.5 Å². The highest BCUT2D eigenvalue weighted by Gasteiger charge is 2.43. The van der Waals surface area contributed by atoms with Gasteiger partial charge in [0.25, 0.3) is 0 Å². The Hall–Kier alpha value is -0.380. The molecule has 1 aromatic heterocycles. The molecule has 1 atom stereocenters. The molecule has 2 nitrogen and oxygen atoms in total. The quantitative estimate of drug-likeness (QED) is 0.855. The third-order valence-corrected chi connectivity index (χ3v) is 4.61. The lowest BCUT2D eigenvalue weighted by atomic mass is 9.88. The van der Waals surface area contributed by atoms with Gasteiger partial charge in [-0.3, -0.25) is 0 Å². The lowest BCUT2D eigenvalue weighted by Gasteiger charge is -2.40. The molecular formula is C12H19NOS. The number of hydrogen-bond donors (Lipinski definition) is 1. The number of aliphatic hydroxyl groups excluding tert-OH is 1. The molecule has 3 heteroatoms. The molecule has 1 saturated carbocycles. The monoisotopic (exact) mass is 225 g/mol. The molecule has 0 spiro atoms. The van der Waals surface area contributed by atoms with Crippen molar-refractivity contribution in [2.75, 3.05) is 14.1 Å². The number of hydrogen-bond acceptors (Lipinski definition) is 3. The van der Waals surface area contributed by atoms with Crippen LogP contribution in [0.4, 0.5) is 0 Å². The molecule has 0 radical (unpaired) electrons. The Morgan fingerprint density at radius 2 is 2.07 bits per heavy atom. The summed E-state index contributed by atoms with van der Waals surface area (Å²) < 4.78 is 0. The molecule has 1 heterocycles. The van der Waals surface area contributed by atoms with Crippen molar-refractivity contribution in [3.8, 4) is 0 Å². The molecule has 0 aromatic carbocycles. The highest BCUT2D eigenvalue weighted by atomic mass is 32.1. The lowest BCUT2D eigenvalue weighted by molar-refractivity contribution is -0.00257. The van der Waals surface area contributed by atoms with Crippen molar-refractivity contribution in [2.24, 2.45) is 0 Å². The Labute approximate surface area is 95.5 Å². The molecule has 1 fully saturated rings. The van der Waals surface area contributed by atoms with E-state index in [-0.39, 0.29) is 11.6 Å². The minimum Gasteiger partial charge on any atom is -0.386 e. The summed E-state index contributed by atoms with van der Waals surface area (Å²) >= 11 is 1.66. The highest BCUT2D eigenvalue weighted by Crippen LogP contribution is 2.44. The van der Waals surface area contributed by atoms with Gasteiger partial charge in [-0.05, 0) is 38.4 Å². The molecule has 1 aromatic rings. The highest BCUT2D eigenvalue weighted by molar-refractivity contribution is 7.10. The number of rotatable bonds is 3. The number of thiophene rings is 1. The Balaban J connectivity index is 2.25. The minimum absolute atomic E-state index is 0.0230. The second-order valence-electron chi connectivity index (χ2n) is 4.62. The third-order valence-electron chi connectivity index (χ3n) is 3.68. The molecule has 1 N–H and O–H groups in total. The molecule has 0 saturated heterocycles. The van der Waals surface area contributed by atoms with Crippen LogP contribution in [0.2, 0.25) is 0 Å². The van der Waals surface area contributed by atoms with E-state index in [1.807, 2.05) is 17.5 Å². The van der Waals surface area contributed by atoms with E-state index in [9.17, 15) is 5.11 Å². The molecule has 1 aliphatic rings. The van der Waals surface area contributed by atoms with Crippen LogP contribution < -0.4 is 0 Å². The van der Waals surface area contributed by atoms with E-state index in [4.69, 9.17) is 0 Å². The topological polar surface area (TPSA) is 23.5 Å². The molecular weight excluding hydrogens is 206 g/mol. The van der Waals surface area contributed by atoms with Crippen LogP contribution in [-0.2, 0) is 0 Å². The third kappa shape index (κ3) is 1.84. The van der Waals surface area contributed by atoms with Crippen LogP contribution in [0.3, 0.4) is 0 Å². The molecule has 0 amide bonds. The zero-order valence-electron chi connectivity index (χ0n) is 9.44. The van der Waals surface area contributed by atoms with Crippen LogP contribution >= 0.6 is 11.3 Å². The summed E-state index contributed by atoms with van der Waals surface area (Å²) in [5, 5.41) is 12.5. The van der Waals surface area contributed by atoms with Crippen molar-refractivity contribution in [2.45, 2.75) is 37.3 Å². The number of nitrogens with zero attached hydrogens (tertiary/aromatic N) is 1. The Kier molecular flexibility index (Phi) is 3.14. The van der Waals surface area contributed by atoms with E-state index in [0.717, 1.165) is 17.7 Å². The first-order valence-electron chi connectivity index (χ1n) is 5.56. The smallest absolute Gasteiger partial charge is 0.106 e. The lowest BCUT2D eigenvalue weighted by Crippen LogP contribution is -2.46. The predicted molar refractivity (Wildman–Crippen MR) is 64.2 cm³/mol. The zero-order chi connectivity index (χ0) is 10.9. The van der Waals surface area contributed by atoms with Gasteiger partial charge in [-0.1, -0.05) is 18.9 Å². The van der Waals surface area contributed by atoms with E-state index in [1.54, 1.807) is 11.3 Å². The largest absolute Gasteiger partial charge is 0.386 e. The van der Waals surface area contributed by atoms with Gasteiger partial charge in [0, 0.05) is 4.88 Å². The predicted octanol–water partition coefficient (Wildman–Crippen LogP) is 2.66. The molecule has 84 valence electrons. The van der Waals surface area contributed by atoms with Crippen LogP contribution in [-0.4, -0.2) is 29.6 Å². The van der Waals surface area contributed by atoms with Gasteiger partial charge < -0.3 is 10.0 Å². The van der Waals surface area contributed by atoms with Crippen LogP contribution in [0.1, 0.15) is 36.7 Å². The fourth-order valence-electron chi connectivity index (χ4n) is 2.66. The summed E-state index contributed by atoms with van der Waals surface area (Å²) in [6, 6.07) is 4.06. The molecule has 15 heavy (non-hydrogen) atoms. The average molecular weight is 225 g/mol. The molecule has 0 aliphatic heterocycles. The maximum Gasteiger partial charge on any atom is 0.106 e. The van der Waals surface area contributed by atoms with Gasteiger partial charge in [0.1, 0.15) is 6.10 Å². The fraction of sp³-hybridized carbons (Fsp3) is 0.667. The van der Waals surface area contributed by atoms with Crippen molar-refractivity contribution in [3.63, 3.8) is 0 Å². The summed E-state index contributed by atoms with van der Waals surface area (Å²) in [7, 11) is 4.17. The Morgan fingerprint density at radius 1 is 1.40 bits per heavy atom. The van der Waals surface area contributed by atoms with Crippen LogP contribution in [0.5, 0.6) is 0 Å². The van der Waals surface area contributed by atoms with E-state index in [0.29, 0.717) is 0 Å². The van der Waals surface area contributed by atoms with Gasteiger partial charge in [0.05, 0.1) is 5.54 Å². The van der Waals surface area contributed by atoms with Gasteiger partial charge in [-0.15, -0.1) is 11.3 Å². The Morgan fingerprint density at radius 3 is 2.53 bits per heavy atom. The van der Waals surface area contributed by atoms with Gasteiger partial charge in [0.2, 0.25) is 0 Å².